The van der Waals surface area contributed by atoms with Crippen molar-refractivity contribution in [2.75, 3.05) is 26.4 Å². The number of ether oxygens (including phenoxy) is 3. The highest BCUT2D eigenvalue weighted by atomic mass is 79.9. The molecular formula is C20H16Br8O3. The van der Waals surface area contributed by atoms with Crippen molar-refractivity contribution in [2.45, 2.75) is 19.8 Å². The molecule has 2 aromatic carbocycles. The number of halogens is 8. The summed E-state index contributed by atoms with van der Waals surface area (Å²) in [6, 6.07) is 1.93. The Labute approximate surface area is 249 Å². The van der Waals surface area contributed by atoms with Crippen LogP contribution in [0.3, 0.4) is 0 Å². The summed E-state index contributed by atoms with van der Waals surface area (Å²) in [4.78, 5) is 0. The van der Waals surface area contributed by atoms with Crippen LogP contribution in [-0.2, 0) is 11.2 Å². The average Bonchev–Trinajstić information content (AvgIpc) is 2.73. The molecular weight excluding hydrogens is 927 g/mol. The Morgan fingerprint density at radius 3 is 2.00 bits per heavy atom. The normalized spacial score (nSPS) is 15.0. The second-order valence-electron chi connectivity index (χ2n) is 7.10. The van der Waals surface area contributed by atoms with E-state index in [9.17, 15) is 0 Å². The first-order valence-electron chi connectivity index (χ1n) is 9.13. The Balaban J connectivity index is 1.83. The summed E-state index contributed by atoms with van der Waals surface area (Å²) in [6.07, 6.45) is 1.66. The zero-order chi connectivity index (χ0) is 22.9. The first-order chi connectivity index (χ1) is 14.6. The largest absolute Gasteiger partial charge is 0.492 e. The van der Waals surface area contributed by atoms with Gasteiger partial charge in [0.15, 0.2) is 0 Å². The van der Waals surface area contributed by atoms with Gasteiger partial charge >= 0.3 is 0 Å². The van der Waals surface area contributed by atoms with E-state index in [1.54, 1.807) is 0 Å². The van der Waals surface area contributed by atoms with E-state index in [1.165, 1.54) is 0 Å². The van der Waals surface area contributed by atoms with Crippen molar-refractivity contribution in [3.8, 4) is 11.5 Å². The fourth-order valence-electron chi connectivity index (χ4n) is 2.96. The molecule has 0 aliphatic carbocycles. The number of hydrogen-bond acceptors (Lipinski definition) is 3. The minimum Gasteiger partial charge on any atom is -0.492 e. The van der Waals surface area contributed by atoms with E-state index >= 15 is 0 Å². The second kappa shape index (κ2) is 11.7. The van der Waals surface area contributed by atoms with E-state index in [1.807, 2.05) is 6.07 Å². The molecule has 0 atom stereocenters. The van der Waals surface area contributed by atoms with Crippen LogP contribution in [0.5, 0.6) is 11.5 Å². The van der Waals surface area contributed by atoms with Gasteiger partial charge in [-0.1, -0.05) is 6.92 Å². The van der Waals surface area contributed by atoms with Crippen LogP contribution in [0.4, 0.5) is 0 Å². The molecule has 1 aliphatic rings. The van der Waals surface area contributed by atoms with E-state index < -0.39 is 0 Å². The van der Waals surface area contributed by atoms with Crippen molar-refractivity contribution in [2.24, 2.45) is 5.41 Å². The Hall–Kier alpha value is 1.84. The van der Waals surface area contributed by atoms with Gasteiger partial charge in [0.1, 0.15) is 11.5 Å². The first-order valence-corrected chi connectivity index (χ1v) is 15.5. The Bertz CT molecular complexity index is 986. The molecule has 3 nitrogen and oxygen atoms in total. The third kappa shape index (κ3) is 5.98. The highest BCUT2D eigenvalue weighted by molar-refractivity contribution is 9.15. The molecule has 31 heavy (non-hydrogen) atoms. The van der Waals surface area contributed by atoms with Gasteiger partial charge in [0, 0.05) is 29.9 Å². The summed E-state index contributed by atoms with van der Waals surface area (Å²) in [7, 11) is 0. The van der Waals surface area contributed by atoms with Crippen molar-refractivity contribution in [1.29, 1.82) is 0 Å². The fraction of sp³-hybridized carbons (Fsp3) is 0.400. The van der Waals surface area contributed by atoms with Gasteiger partial charge in [-0.2, -0.15) is 0 Å². The molecule has 170 valence electrons. The van der Waals surface area contributed by atoms with Crippen LogP contribution in [0.15, 0.2) is 41.8 Å². The van der Waals surface area contributed by atoms with Crippen LogP contribution >= 0.6 is 127 Å². The average molecular weight is 944 g/mol. The maximum Gasteiger partial charge on any atom is 0.139 e. The molecule has 11 heteroatoms. The summed E-state index contributed by atoms with van der Waals surface area (Å²) in [5, 5.41) is 0. The Morgan fingerprint density at radius 2 is 1.42 bits per heavy atom. The van der Waals surface area contributed by atoms with Crippen molar-refractivity contribution in [1.82, 2.24) is 0 Å². The molecule has 3 rings (SSSR count). The molecule has 0 unspecified atom stereocenters. The maximum atomic E-state index is 6.37. The van der Waals surface area contributed by atoms with Crippen LogP contribution in [0.25, 0.3) is 0 Å². The molecule has 2 aromatic rings. The predicted octanol–water partition coefficient (Wildman–Crippen LogP) is 10.2. The summed E-state index contributed by atoms with van der Waals surface area (Å²) in [6.45, 7) is 4.72. The van der Waals surface area contributed by atoms with Crippen LogP contribution < -0.4 is 9.47 Å². The third-order valence-corrected chi connectivity index (χ3v) is 14.5. The van der Waals surface area contributed by atoms with Gasteiger partial charge in [-0.25, -0.2) is 0 Å². The van der Waals surface area contributed by atoms with Crippen LogP contribution in [-0.4, -0.2) is 26.4 Å². The highest BCUT2D eigenvalue weighted by Crippen LogP contribution is 2.47. The van der Waals surface area contributed by atoms with Gasteiger partial charge < -0.3 is 14.2 Å². The smallest absolute Gasteiger partial charge is 0.139 e. The topological polar surface area (TPSA) is 27.7 Å². The molecule has 0 amide bonds. The standard InChI is InChI=1S/C20H16Br8O3/c1-2-20(6-29-7-20)8-31-19-9(12(22)15(25)17(27)18(19)28)3-4-30-11-5-10(21)13(23)16(26)14(11)24/h5H,2-4,6-8H2,1H3. The van der Waals surface area contributed by atoms with Crippen LogP contribution in [0.1, 0.15) is 18.9 Å². The van der Waals surface area contributed by atoms with Gasteiger partial charge in [-0.05, 0) is 140 Å². The van der Waals surface area contributed by atoms with Crippen molar-refractivity contribution >= 4 is 127 Å². The number of hydrogen-bond donors (Lipinski definition) is 0. The van der Waals surface area contributed by atoms with Crippen molar-refractivity contribution in [3.63, 3.8) is 0 Å². The van der Waals surface area contributed by atoms with Gasteiger partial charge in [0.2, 0.25) is 0 Å². The van der Waals surface area contributed by atoms with E-state index in [2.05, 4.69) is 134 Å². The Morgan fingerprint density at radius 1 is 0.806 bits per heavy atom. The molecule has 0 N–H and O–H groups in total. The molecule has 0 spiro atoms. The van der Waals surface area contributed by atoms with Crippen molar-refractivity contribution in [3.05, 3.63) is 47.4 Å². The lowest BCUT2D eigenvalue weighted by atomic mass is 9.84. The monoisotopic (exact) mass is 935 g/mol. The quantitative estimate of drug-likeness (QED) is 0.195. The fourth-order valence-corrected chi connectivity index (χ4v) is 7.52. The Kier molecular flexibility index (Phi) is 10.4. The lowest BCUT2D eigenvalue weighted by molar-refractivity contribution is -0.133. The molecule has 0 bridgehead atoms. The van der Waals surface area contributed by atoms with Crippen LogP contribution in [0.2, 0.25) is 0 Å². The second-order valence-corrected chi connectivity index (χ2v) is 13.5. The summed E-state index contributed by atoms with van der Waals surface area (Å²) in [5.41, 5.74) is 1.11. The van der Waals surface area contributed by atoms with Gasteiger partial charge in [-0.3, -0.25) is 0 Å². The predicted molar refractivity (Wildman–Crippen MR) is 153 cm³/mol. The molecule has 0 radical (unpaired) electrons. The molecule has 1 saturated heterocycles. The highest BCUT2D eigenvalue weighted by Gasteiger charge is 2.38. The van der Waals surface area contributed by atoms with E-state index in [4.69, 9.17) is 14.2 Å². The van der Waals surface area contributed by atoms with E-state index in [0.717, 1.165) is 72.5 Å². The SMILES string of the molecule is CCC1(COc2c(Br)c(Br)c(Br)c(Br)c2CCOc2cc(Br)c(Br)c(Br)c2Br)COC1. The third-order valence-electron chi connectivity index (χ3n) is 5.08. The molecule has 1 fully saturated rings. The van der Waals surface area contributed by atoms with E-state index in [-0.39, 0.29) is 5.41 Å². The molecule has 1 heterocycles. The van der Waals surface area contributed by atoms with E-state index in [0.29, 0.717) is 19.6 Å². The number of benzene rings is 2. The lowest BCUT2D eigenvalue weighted by Gasteiger charge is -2.40. The van der Waals surface area contributed by atoms with Gasteiger partial charge in [0.25, 0.3) is 0 Å². The lowest BCUT2D eigenvalue weighted by Crippen LogP contribution is -2.46. The number of rotatable bonds is 8. The summed E-state index contributed by atoms with van der Waals surface area (Å²) >= 11 is 29.0. The van der Waals surface area contributed by atoms with Crippen LogP contribution in [0, 0.1) is 5.41 Å². The van der Waals surface area contributed by atoms with Crippen molar-refractivity contribution < 1.29 is 14.2 Å². The minimum absolute atomic E-state index is 0.0834. The molecule has 0 aromatic heterocycles. The minimum atomic E-state index is 0.0834. The van der Waals surface area contributed by atoms with Gasteiger partial charge in [-0.15, -0.1) is 0 Å². The zero-order valence-corrected chi connectivity index (χ0v) is 28.8. The summed E-state index contributed by atoms with van der Waals surface area (Å²) in [5.74, 6) is 1.55. The molecule has 0 saturated carbocycles. The zero-order valence-electron chi connectivity index (χ0n) is 16.1. The van der Waals surface area contributed by atoms with Gasteiger partial charge in [0.05, 0.1) is 49.7 Å². The molecule has 1 aliphatic heterocycles. The maximum absolute atomic E-state index is 6.37. The first kappa shape index (κ1) is 27.4. The summed E-state index contributed by atoms with van der Waals surface area (Å²) < 4.78 is 25.1.